The van der Waals surface area contributed by atoms with Crippen LogP contribution in [0.3, 0.4) is 0 Å². The molecule has 148 valence electrons. The number of carbonyl (C=O) groups excluding carboxylic acids is 2. The first-order valence-corrected chi connectivity index (χ1v) is 8.98. The molecular formula is C22H25NO5. The van der Waals surface area contributed by atoms with Crippen molar-refractivity contribution in [3.63, 3.8) is 0 Å². The fourth-order valence-electron chi connectivity index (χ4n) is 2.63. The van der Waals surface area contributed by atoms with E-state index in [1.807, 2.05) is 30.3 Å². The predicted octanol–water partition coefficient (Wildman–Crippen LogP) is 3.01. The minimum Gasteiger partial charge on any atom is -0.493 e. The monoisotopic (exact) mass is 383 g/mol. The molecule has 1 N–H and O–H groups in total. The number of methoxy groups -OCH3 is 2. The Kier molecular flexibility index (Phi) is 8.09. The van der Waals surface area contributed by atoms with Gasteiger partial charge in [0.05, 0.1) is 20.8 Å². The van der Waals surface area contributed by atoms with Gasteiger partial charge in [0.15, 0.2) is 11.5 Å². The van der Waals surface area contributed by atoms with Crippen molar-refractivity contribution < 1.29 is 23.8 Å². The average molecular weight is 383 g/mol. The minimum atomic E-state index is -0.759. The van der Waals surface area contributed by atoms with Gasteiger partial charge in [0.25, 0.3) is 0 Å². The van der Waals surface area contributed by atoms with Gasteiger partial charge in [0.2, 0.25) is 5.91 Å². The van der Waals surface area contributed by atoms with Crippen LogP contribution in [0.4, 0.5) is 0 Å². The van der Waals surface area contributed by atoms with Gasteiger partial charge in [-0.2, -0.15) is 0 Å². The van der Waals surface area contributed by atoms with Gasteiger partial charge in [-0.15, -0.1) is 0 Å². The van der Waals surface area contributed by atoms with Crippen molar-refractivity contribution in [2.75, 3.05) is 20.8 Å². The molecule has 0 radical (unpaired) electrons. The molecule has 0 spiro atoms. The number of esters is 1. The smallest absolute Gasteiger partial charge is 0.328 e. The quantitative estimate of drug-likeness (QED) is 0.532. The van der Waals surface area contributed by atoms with Crippen molar-refractivity contribution in [2.45, 2.75) is 19.4 Å². The Bertz CT molecular complexity index is 817. The zero-order valence-corrected chi connectivity index (χ0v) is 16.3. The van der Waals surface area contributed by atoms with Gasteiger partial charge >= 0.3 is 5.97 Å². The summed E-state index contributed by atoms with van der Waals surface area (Å²) in [6.07, 6.45) is 3.37. The summed E-state index contributed by atoms with van der Waals surface area (Å²) >= 11 is 0. The van der Waals surface area contributed by atoms with Crippen LogP contribution in [0.15, 0.2) is 54.6 Å². The van der Waals surface area contributed by atoms with Crippen molar-refractivity contribution in [1.82, 2.24) is 5.32 Å². The first-order chi connectivity index (χ1) is 13.6. The lowest BCUT2D eigenvalue weighted by atomic mass is 10.1. The van der Waals surface area contributed by atoms with Gasteiger partial charge in [-0.3, -0.25) is 4.79 Å². The number of rotatable bonds is 9. The third-order valence-corrected chi connectivity index (χ3v) is 4.01. The largest absolute Gasteiger partial charge is 0.493 e. The first-order valence-electron chi connectivity index (χ1n) is 8.98. The predicted molar refractivity (Wildman–Crippen MR) is 107 cm³/mol. The van der Waals surface area contributed by atoms with Gasteiger partial charge in [0.1, 0.15) is 6.04 Å². The lowest BCUT2D eigenvalue weighted by Crippen LogP contribution is -2.42. The second-order valence-corrected chi connectivity index (χ2v) is 5.95. The van der Waals surface area contributed by atoms with E-state index in [0.29, 0.717) is 17.9 Å². The van der Waals surface area contributed by atoms with Gasteiger partial charge in [-0.05, 0) is 36.3 Å². The molecule has 0 saturated carbocycles. The Labute approximate surface area is 165 Å². The number of hydrogen-bond donors (Lipinski definition) is 1. The summed E-state index contributed by atoms with van der Waals surface area (Å²) in [6.45, 7) is 1.98. The molecule has 0 aliphatic heterocycles. The maximum atomic E-state index is 12.3. The van der Waals surface area contributed by atoms with Crippen LogP contribution < -0.4 is 14.8 Å². The van der Waals surface area contributed by atoms with Gasteiger partial charge in [0, 0.05) is 12.5 Å². The maximum absolute atomic E-state index is 12.3. The maximum Gasteiger partial charge on any atom is 0.328 e. The van der Waals surface area contributed by atoms with Crippen molar-refractivity contribution in [3.8, 4) is 11.5 Å². The molecule has 6 nitrogen and oxygen atoms in total. The van der Waals surface area contributed by atoms with Crippen LogP contribution in [0.5, 0.6) is 11.5 Å². The second-order valence-electron chi connectivity index (χ2n) is 5.95. The number of ether oxygens (including phenoxy) is 3. The van der Waals surface area contributed by atoms with Crippen molar-refractivity contribution in [1.29, 1.82) is 0 Å². The summed E-state index contributed by atoms with van der Waals surface area (Å²) in [7, 11) is 3.11. The van der Waals surface area contributed by atoms with Crippen LogP contribution in [-0.2, 0) is 20.7 Å². The van der Waals surface area contributed by atoms with Crippen molar-refractivity contribution in [2.24, 2.45) is 0 Å². The van der Waals surface area contributed by atoms with E-state index in [-0.39, 0.29) is 12.5 Å². The van der Waals surface area contributed by atoms with Crippen LogP contribution in [0.25, 0.3) is 6.08 Å². The number of benzene rings is 2. The molecule has 2 rings (SSSR count). The highest BCUT2D eigenvalue weighted by molar-refractivity contribution is 5.94. The molecule has 0 bridgehead atoms. The Balaban J connectivity index is 2.08. The summed E-state index contributed by atoms with van der Waals surface area (Å²) in [6, 6.07) is 14.0. The van der Waals surface area contributed by atoms with E-state index in [1.54, 1.807) is 45.4 Å². The summed E-state index contributed by atoms with van der Waals surface area (Å²) in [5.74, 6) is 0.330. The number of hydrogen-bond acceptors (Lipinski definition) is 5. The lowest BCUT2D eigenvalue weighted by molar-refractivity contribution is -0.146. The van der Waals surface area contributed by atoms with E-state index >= 15 is 0 Å². The fourth-order valence-corrected chi connectivity index (χ4v) is 2.63. The SMILES string of the molecule is CCOC(=O)[C@H](Cc1ccccc1)NC(=O)/C=C/c1ccc(OC)c(OC)c1. The van der Waals surface area contributed by atoms with Crippen LogP contribution >= 0.6 is 0 Å². The zero-order valence-electron chi connectivity index (χ0n) is 16.3. The Morgan fingerprint density at radius 3 is 2.39 bits per heavy atom. The number of carbonyl (C=O) groups is 2. The van der Waals surface area contributed by atoms with Crippen LogP contribution in [0.1, 0.15) is 18.1 Å². The summed E-state index contributed by atoms with van der Waals surface area (Å²) < 4.78 is 15.5. The third kappa shape index (κ3) is 6.16. The minimum absolute atomic E-state index is 0.251. The molecule has 28 heavy (non-hydrogen) atoms. The fraction of sp³-hybridized carbons (Fsp3) is 0.273. The van der Waals surface area contributed by atoms with Gasteiger partial charge < -0.3 is 19.5 Å². The molecule has 0 unspecified atom stereocenters. The van der Waals surface area contributed by atoms with E-state index in [2.05, 4.69) is 5.32 Å². The van der Waals surface area contributed by atoms with E-state index in [1.165, 1.54) is 6.08 Å². The lowest BCUT2D eigenvalue weighted by Gasteiger charge is -2.16. The van der Waals surface area contributed by atoms with Crippen LogP contribution in [0, 0.1) is 0 Å². The number of nitrogens with one attached hydrogen (secondary N) is 1. The third-order valence-electron chi connectivity index (χ3n) is 4.01. The van der Waals surface area contributed by atoms with E-state index in [0.717, 1.165) is 11.1 Å². The standard InChI is InChI=1S/C22H25NO5/c1-4-28-22(25)18(14-16-8-6-5-7-9-16)23-21(24)13-11-17-10-12-19(26-2)20(15-17)27-3/h5-13,15,18H,4,14H2,1-3H3,(H,23,24)/b13-11+/t18-/m0/s1. The summed E-state index contributed by atoms with van der Waals surface area (Å²) in [5.41, 5.74) is 1.70. The molecule has 0 fully saturated rings. The van der Waals surface area contributed by atoms with E-state index in [4.69, 9.17) is 14.2 Å². The van der Waals surface area contributed by atoms with E-state index in [9.17, 15) is 9.59 Å². The average Bonchev–Trinajstić information content (AvgIpc) is 2.72. The van der Waals surface area contributed by atoms with Gasteiger partial charge in [-0.25, -0.2) is 4.79 Å². The molecular weight excluding hydrogens is 358 g/mol. The Morgan fingerprint density at radius 1 is 1.04 bits per heavy atom. The Morgan fingerprint density at radius 2 is 1.75 bits per heavy atom. The van der Waals surface area contributed by atoms with Crippen molar-refractivity contribution in [3.05, 3.63) is 65.7 Å². The molecule has 0 saturated heterocycles. The highest BCUT2D eigenvalue weighted by atomic mass is 16.5. The second kappa shape index (κ2) is 10.8. The Hall–Kier alpha value is -3.28. The van der Waals surface area contributed by atoms with Crippen molar-refractivity contribution >= 4 is 18.0 Å². The topological polar surface area (TPSA) is 73.9 Å². The first kappa shape index (κ1) is 21.0. The molecule has 1 atom stereocenters. The summed E-state index contributed by atoms with van der Waals surface area (Å²) in [4.78, 5) is 24.6. The molecule has 1 amide bonds. The van der Waals surface area contributed by atoms with Crippen LogP contribution in [-0.4, -0.2) is 38.7 Å². The molecule has 2 aromatic rings. The molecule has 2 aromatic carbocycles. The molecule has 6 heteroatoms. The molecule has 0 aliphatic rings. The summed E-state index contributed by atoms with van der Waals surface area (Å²) in [5, 5.41) is 2.72. The van der Waals surface area contributed by atoms with E-state index < -0.39 is 12.0 Å². The highest BCUT2D eigenvalue weighted by Gasteiger charge is 2.21. The number of amides is 1. The highest BCUT2D eigenvalue weighted by Crippen LogP contribution is 2.27. The normalized spacial score (nSPS) is 11.7. The zero-order chi connectivity index (χ0) is 20.4. The van der Waals surface area contributed by atoms with Gasteiger partial charge in [-0.1, -0.05) is 36.4 Å². The molecule has 0 aliphatic carbocycles. The molecule has 0 heterocycles. The molecule has 0 aromatic heterocycles. The van der Waals surface area contributed by atoms with Crippen LogP contribution in [0.2, 0.25) is 0 Å².